The van der Waals surface area contributed by atoms with Gasteiger partial charge >= 0.3 is 5.69 Å². The second-order valence-electron chi connectivity index (χ2n) is 12.5. The van der Waals surface area contributed by atoms with Crippen molar-refractivity contribution >= 4 is 11.0 Å². The molecule has 2 unspecified atom stereocenters. The minimum atomic E-state index is -0.748. The van der Waals surface area contributed by atoms with Gasteiger partial charge in [-0.1, -0.05) is 44.2 Å². The predicted molar refractivity (Wildman–Crippen MR) is 149 cm³/mol. The Balaban J connectivity index is 1.28. The number of hydrogen-bond acceptors (Lipinski definition) is 6. The van der Waals surface area contributed by atoms with Gasteiger partial charge < -0.3 is 4.57 Å². The molecule has 6 atom stereocenters. The second kappa shape index (κ2) is 9.84. The quantitative estimate of drug-likeness (QED) is 0.551. The highest BCUT2D eigenvalue weighted by Gasteiger charge is 2.45. The van der Waals surface area contributed by atoms with Crippen LogP contribution in [0.25, 0.3) is 16.9 Å². The lowest BCUT2D eigenvalue weighted by molar-refractivity contribution is -0.0420. The third kappa shape index (κ3) is 4.39. The van der Waals surface area contributed by atoms with Crippen molar-refractivity contribution in [3.63, 3.8) is 0 Å². The van der Waals surface area contributed by atoms with Crippen molar-refractivity contribution in [1.82, 2.24) is 29.2 Å². The Morgan fingerprint density at radius 1 is 0.795 bits per heavy atom. The number of aromatic nitrogens is 5. The van der Waals surface area contributed by atoms with E-state index in [-0.39, 0.29) is 23.1 Å². The van der Waals surface area contributed by atoms with Crippen molar-refractivity contribution in [3.8, 4) is 5.82 Å². The molecule has 206 valence electrons. The smallest absolute Gasteiger partial charge is 0.300 e. The standard InChI is InChI=1S/C30H38N6O3/c1-18-28(37)32-30(39)36(33-18)27-29(38)35(26-12-5-4-11-25(26)31-27)24-16-21-9-6-10-22(17-24)34(21)23-14-19-7-2-3-8-20(13-19)15-23/h4-5,11-12,19-24H,2-3,6-10,13-17H2,1H3,(H,32,37,39)/t19-,20+,21-,22+,23?,24?. The molecule has 1 aromatic carbocycles. The van der Waals surface area contributed by atoms with Crippen LogP contribution in [0.2, 0.25) is 0 Å². The summed E-state index contributed by atoms with van der Waals surface area (Å²) in [6, 6.07) is 9.32. The number of nitrogens with zero attached hydrogens (tertiary/aromatic N) is 5. The van der Waals surface area contributed by atoms with E-state index in [9.17, 15) is 14.4 Å². The van der Waals surface area contributed by atoms with Crippen molar-refractivity contribution < 1.29 is 0 Å². The highest BCUT2D eigenvalue weighted by molar-refractivity contribution is 5.75. The van der Waals surface area contributed by atoms with Gasteiger partial charge in [-0.3, -0.25) is 19.5 Å². The van der Waals surface area contributed by atoms with Gasteiger partial charge in [-0.05, 0) is 75.8 Å². The fourth-order valence-electron chi connectivity index (χ4n) is 8.57. The molecule has 9 heteroatoms. The van der Waals surface area contributed by atoms with E-state index in [1.807, 2.05) is 28.8 Å². The Kier molecular flexibility index (Phi) is 6.29. The highest BCUT2D eigenvalue weighted by atomic mass is 16.2. The molecule has 3 aromatic rings. The summed E-state index contributed by atoms with van der Waals surface area (Å²) in [6.07, 6.45) is 15.2. The maximum Gasteiger partial charge on any atom is 0.351 e. The largest absolute Gasteiger partial charge is 0.351 e. The Hall–Kier alpha value is -3.07. The zero-order valence-electron chi connectivity index (χ0n) is 22.7. The molecule has 0 amide bonds. The van der Waals surface area contributed by atoms with E-state index in [2.05, 4.69) is 20.0 Å². The van der Waals surface area contributed by atoms with Crippen LogP contribution in [0.4, 0.5) is 0 Å². The Labute approximate surface area is 227 Å². The molecule has 4 fully saturated rings. The molecule has 4 bridgehead atoms. The molecule has 9 nitrogen and oxygen atoms in total. The second-order valence-corrected chi connectivity index (χ2v) is 12.5. The fraction of sp³-hybridized carbons (Fsp3) is 0.633. The molecule has 1 N–H and O–H groups in total. The van der Waals surface area contributed by atoms with E-state index in [0.717, 1.165) is 34.9 Å². The lowest BCUT2D eigenvalue weighted by Crippen LogP contribution is -2.58. The van der Waals surface area contributed by atoms with Gasteiger partial charge in [0.1, 0.15) is 5.69 Å². The number of hydrogen-bond donors (Lipinski definition) is 1. The number of rotatable bonds is 3. The molecule has 4 heterocycles. The molecule has 4 aliphatic rings. The van der Waals surface area contributed by atoms with Crippen LogP contribution in [-0.2, 0) is 0 Å². The third-order valence-corrected chi connectivity index (χ3v) is 10.1. The number of piperidine rings is 2. The zero-order chi connectivity index (χ0) is 26.7. The highest BCUT2D eigenvalue weighted by Crippen LogP contribution is 2.47. The number of benzene rings is 1. The van der Waals surface area contributed by atoms with Crippen molar-refractivity contribution in [2.75, 3.05) is 0 Å². The van der Waals surface area contributed by atoms with Crippen LogP contribution in [-0.4, -0.2) is 47.3 Å². The average Bonchev–Trinajstić information content (AvgIpc) is 3.09. The summed E-state index contributed by atoms with van der Waals surface area (Å²) in [6.45, 7) is 1.52. The molecule has 0 spiro atoms. The van der Waals surface area contributed by atoms with Crippen LogP contribution in [0.3, 0.4) is 0 Å². The van der Waals surface area contributed by atoms with E-state index in [1.165, 1.54) is 71.1 Å². The molecular formula is C30H38N6O3. The summed E-state index contributed by atoms with van der Waals surface area (Å²) in [5.41, 5.74) is -0.0711. The SMILES string of the molecule is Cc1nn(-c2nc3ccccc3n(C3C[C@H]4CCC[C@@H](C3)N4C3C[C@H]4CCCC[C@@H](C3)C4)c2=O)c(=O)[nH]c1=O. The number of para-hydroxylation sites is 2. The number of aryl methyl sites for hydroxylation is 1. The van der Waals surface area contributed by atoms with Gasteiger partial charge in [-0.15, -0.1) is 0 Å². The van der Waals surface area contributed by atoms with E-state index in [1.54, 1.807) is 0 Å². The molecule has 2 aromatic heterocycles. The normalized spacial score (nSPS) is 31.2. The maximum atomic E-state index is 14.1. The minimum Gasteiger partial charge on any atom is -0.300 e. The van der Waals surface area contributed by atoms with Gasteiger partial charge in [0.2, 0.25) is 5.82 Å². The lowest BCUT2D eigenvalue weighted by atomic mass is 9.73. The summed E-state index contributed by atoms with van der Waals surface area (Å²) >= 11 is 0. The average molecular weight is 531 g/mol. The Morgan fingerprint density at radius 3 is 2.21 bits per heavy atom. The minimum absolute atomic E-state index is 0.0288. The van der Waals surface area contributed by atoms with Crippen molar-refractivity contribution in [1.29, 1.82) is 0 Å². The monoisotopic (exact) mass is 530 g/mol. The first-order chi connectivity index (χ1) is 19.0. The molecular weight excluding hydrogens is 492 g/mol. The van der Waals surface area contributed by atoms with Gasteiger partial charge in [0.15, 0.2) is 0 Å². The lowest BCUT2D eigenvalue weighted by Gasteiger charge is -2.54. The molecule has 7 rings (SSSR count). The maximum absolute atomic E-state index is 14.1. The molecule has 2 aliphatic carbocycles. The third-order valence-electron chi connectivity index (χ3n) is 10.1. The number of H-pyrrole nitrogens is 1. The Morgan fingerprint density at radius 2 is 1.49 bits per heavy atom. The van der Waals surface area contributed by atoms with Crippen LogP contribution in [0, 0.1) is 18.8 Å². The molecule has 2 saturated carbocycles. The fourth-order valence-corrected chi connectivity index (χ4v) is 8.57. The van der Waals surface area contributed by atoms with Crippen LogP contribution in [0.1, 0.15) is 88.8 Å². The summed E-state index contributed by atoms with van der Waals surface area (Å²) in [4.78, 5) is 48.5. The van der Waals surface area contributed by atoms with Gasteiger partial charge in [-0.2, -0.15) is 9.78 Å². The number of aromatic amines is 1. The first-order valence-electron chi connectivity index (χ1n) is 15.0. The van der Waals surface area contributed by atoms with Crippen LogP contribution in [0.5, 0.6) is 0 Å². The van der Waals surface area contributed by atoms with Crippen molar-refractivity contribution in [2.24, 2.45) is 11.8 Å². The Bertz CT molecular complexity index is 1550. The van der Waals surface area contributed by atoms with E-state index < -0.39 is 11.2 Å². The molecule has 0 radical (unpaired) electrons. The summed E-state index contributed by atoms with van der Waals surface area (Å²) < 4.78 is 2.84. The van der Waals surface area contributed by atoms with Crippen LogP contribution < -0.4 is 16.8 Å². The molecule has 2 saturated heterocycles. The summed E-state index contributed by atoms with van der Waals surface area (Å²) in [5, 5.41) is 4.14. The molecule has 2 aliphatic heterocycles. The van der Waals surface area contributed by atoms with Crippen molar-refractivity contribution in [2.45, 2.75) is 108 Å². The van der Waals surface area contributed by atoms with Gasteiger partial charge in [0.05, 0.1) is 11.0 Å². The van der Waals surface area contributed by atoms with Crippen LogP contribution >= 0.6 is 0 Å². The van der Waals surface area contributed by atoms with E-state index >= 15 is 0 Å². The van der Waals surface area contributed by atoms with Crippen molar-refractivity contribution in [3.05, 3.63) is 61.2 Å². The van der Waals surface area contributed by atoms with Gasteiger partial charge in [0, 0.05) is 24.2 Å². The van der Waals surface area contributed by atoms with Gasteiger partial charge in [0.25, 0.3) is 11.1 Å². The first kappa shape index (κ1) is 24.9. The first-order valence-corrected chi connectivity index (χ1v) is 15.0. The predicted octanol–water partition coefficient (Wildman–Crippen LogP) is 3.86. The van der Waals surface area contributed by atoms with Crippen LogP contribution in [0.15, 0.2) is 38.6 Å². The zero-order valence-corrected chi connectivity index (χ0v) is 22.7. The van der Waals surface area contributed by atoms with Gasteiger partial charge in [-0.25, -0.2) is 9.78 Å². The van der Waals surface area contributed by atoms with E-state index in [4.69, 9.17) is 0 Å². The number of fused-ring (bicyclic) bond motifs is 5. The molecule has 39 heavy (non-hydrogen) atoms. The number of nitrogens with one attached hydrogen (secondary N) is 1. The summed E-state index contributed by atoms with van der Waals surface area (Å²) in [7, 11) is 0. The van der Waals surface area contributed by atoms with E-state index in [0.29, 0.717) is 23.6 Å². The summed E-state index contributed by atoms with van der Waals surface area (Å²) in [5.74, 6) is 1.72. The topological polar surface area (TPSA) is 106 Å².